The summed E-state index contributed by atoms with van der Waals surface area (Å²) in [7, 11) is 0. The van der Waals surface area contributed by atoms with Crippen molar-refractivity contribution in [3.8, 4) is 0 Å². The molecule has 208 valence electrons. The first-order valence-corrected chi connectivity index (χ1v) is 12.4. The molecule has 1 saturated heterocycles. The van der Waals surface area contributed by atoms with Crippen LogP contribution in [0.25, 0.3) is 0 Å². The van der Waals surface area contributed by atoms with E-state index in [-0.39, 0.29) is 50.3 Å². The Hall–Kier alpha value is -2.28. The van der Waals surface area contributed by atoms with Crippen LogP contribution in [0.2, 0.25) is 0 Å². The molecule has 0 amide bonds. The second-order valence-corrected chi connectivity index (χ2v) is 10.2. The number of rotatable bonds is 8. The van der Waals surface area contributed by atoms with E-state index in [4.69, 9.17) is 0 Å². The summed E-state index contributed by atoms with van der Waals surface area (Å²) >= 11 is 0. The first kappa shape index (κ1) is 31.7. The molecule has 8 atom stereocenters. The SMILES string of the molecule is CC1CN(C(C)C(=O)O)C(C)CN(C(C)C(=O)O)C(C)CN(C(C)C(=O)O)C(C)CN1C(C)C(=O)O. The fraction of sp³-hybridized carbons (Fsp3) is 0.833. The molecule has 0 aromatic carbocycles. The van der Waals surface area contributed by atoms with E-state index in [1.54, 1.807) is 47.3 Å². The highest BCUT2D eigenvalue weighted by Gasteiger charge is 2.38. The van der Waals surface area contributed by atoms with Crippen LogP contribution in [0, 0.1) is 0 Å². The fourth-order valence-electron chi connectivity index (χ4n) is 5.09. The molecule has 1 fully saturated rings. The molecule has 0 aromatic rings. The summed E-state index contributed by atoms with van der Waals surface area (Å²) in [5.41, 5.74) is 0. The van der Waals surface area contributed by atoms with Gasteiger partial charge in [0.05, 0.1) is 0 Å². The van der Waals surface area contributed by atoms with Crippen LogP contribution in [0.5, 0.6) is 0 Å². The number of hydrogen-bond donors (Lipinski definition) is 4. The van der Waals surface area contributed by atoms with Gasteiger partial charge in [-0.05, 0) is 55.4 Å². The Labute approximate surface area is 213 Å². The van der Waals surface area contributed by atoms with Gasteiger partial charge in [-0.3, -0.25) is 38.8 Å². The number of aliphatic carboxylic acids is 4. The van der Waals surface area contributed by atoms with Crippen molar-refractivity contribution in [2.75, 3.05) is 26.2 Å². The molecule has 1 aliphatic rings. The van der Waals surface area contributed by atoms with E-state index in [1.165, 1.54) is 0 Å². The summed E-state index contributed by atoms with van der Waals surface area (Å²) in [4.78, 5) is 54.9. The zero-order chi connectivity index (χ0) is 28.1. The Morgan fingerprint density at radius 3 is 0.722 bits per heavy atom. The van der Waals surface area contributed by atoms with Gasteiger partial charge in [0, 0.05) is 50.3 Å². The molecule has 0 spiro atoms. The average molecular weight is 517 g/mol. The number of carboxylic acids is 4. The van der Waals surface area contributed by atoms with Gasteiger partial charge >= 0.3 is 23.9 Å². The van der Waals surface area contributed by atoms with Crippen LogP contribution in [0.1, 0.15) is 55.4 Å². The van der Waals surface area contributed by atoms with Gasteiger partial charge in [0.25, 0.3) is 0 Å². The molecule has 12 heteroatoms. The molecule has 1 heterocycles. The molecule has 0 aliphatic carbocycles. The molecule has 0 bridgehead atoms. The average Bonchev–Trinajstić information content (AvgIpc) is 2.79. The largest absolute Gasteiger partial charge is 0.480 e. The van der Waals surface area contributed by atoms with E-state index in [1.807, 2.05) is 27.7 Å². The van der Waals surface area contributed by atoms with Crippen LogP contribution in [0.3, 0.4) is 0 Å². The maximum absolute atomic E-state index is 12.0. The summed E-state index contributed by atoms with van der Waals surface area (Å²) in [6, 6.07) is -5.06. The minimum Gasteiger partial charge on any atom is -0.480 e. The van der Waals surface area contributed by atoms with Gasteiger partial charge in [-0.2, -0.15) is 0 Å². The van der Waals surface area contributed by atoms with Gasteiger partial charge in [0.2, 0.25) is 0 Å². The Morgan fingerprint density at radius 1 is 0.472 bits per heavy atom. The van der Waals surface area contributed by atoms with E-state index in [0.29, 0.717) is 0 Å². The van der Waals surface area contributed by atoms with Crippen molar-refractivity contribution in [3.05, 3.63) is 0 Å². The van der Waals surface area contributed by atoms with E-state index in [9.17, 15) is 39.6 Å². The van der Waals surface area contributed by atoms with Gasteiger partial charge in [-0.15, -0.1) is 0 Å². The van der Waals surface area contributed by atoms with Crippen molar-refractivity contribution in [2.24, 2.45) is 0 Å². The lowest BCUT2D eigenvalue weighted by Gasteiger charge is -2.46. The lowest BCUT2D eigenvalue weighted by molar-refractivity contribution is -0.150. The van der Waals surface area contributed by atoms with Gasteiger partial charge < -0.3 is 20.4 Å². The topological polar surface area (TPSA) is 162 Å². The highest BCUT2D eigenvalue weighted by molar-refractivity contribution is 5.74. The Kier molecular flexibility index (Phi) is 11.7. The van der Waals surface area contributed by atoms with E-state index in [0.717, 1.165) is 0 Å². The van der Waals surface area contributed by atoms with E-state index >= 15 is 0 Å². The van der Waals surface area contributed by atoms with Gasteiger partial charge in [-0.1, -0.05) is 0 Å². The molecular weight excluding hydrogens is 472 g/mol. The summed E-state index contributed by atoms with van der Waals surface area (Å²) in [5, 5.41) is 39.1. The number of carbonyl (C=O) groups is 4. The molecule has 0 aromatic heterocycles. The lowest BCUT2D eigenvalue weighted by Crippen LogP contribution is -2.62. The molecule has 1 aliphatic heterocycles. The second-order valence-electron chi connectivity index (χ2n) is 10.2. The maximum atomic E-state index is 12.0. The van der Waals surface area contributed by atoms with Gasteiger partial charge in [0.1, 0.15) is 24.2 Å². The molecule has 4 N–H and O–H groups in total. The zero-order valence-electron chi connectivity index (χ0n) is 22.7. The van der Waals surface area contributed by atoms with Gasteiger partial charge in [0.15, 0.2) is 0 Å². The van der Waals surface area contributed by atoms with Crippen molar-refractivity contribution < 1.29 is 39.6 Å². The summed E-state index contributed by atoms with van der Waals surface area (Å²) in [5.74, 6) is -4.11. The monoisotopic (exact) mass is 516 g/mol. The lowest BCUT2D eigenvalue weighted by atomic mass is 10.0. The van der Waals surface area contributed by atoms with Crippen LogP contribution in [0.15, 0.2) is 0 Å². The molecular formula is C24H44N4O8. The number of nitrogens with zero attached hydrogens (tertiary/aromatic N) is 4. The van der Waals surface area contributed by atoms with Crippen LogP contribution in [-0.2, 0) is 19.2 Å². The molecule has 12 nitrogen and oxygen atoms in total. The van der Waals surface area contributed by atoms with Crippen LogP contribution < -0.4 is 0 Å². The minimum absolute atomic E-state index is 0.233. The molecule has 0 radical (unpaired) electrons. The standard InChI is InChI=1S/C24H44N4O8/c1-13-9-26(18(6)22(31)32)15(3)11-28(20(8)24(35)36)16(4)12-27(19(7)23(33)34)14(2)10-25(13)17(5)21(29)30/h13-20H,9-12H2,1-8H3,(H,29,30)(H,31,32)(H,33,34)(H,35,36). The fourth-order valence-corrected chi connectivity index (χ4v) is 5.09. The predicted molar refractivity (Wildman–Crippen MR) is 133 cm³/mol. The third-order valence-electron chi connectivity index (χ3n) is 7.58. The number of carboxylic acid groups (broad SMARTS) is 4. The van der Waals surface area contributed by atoms with Crippen LogP contribution >= 0.6 is 0 Å². The predicted octanol–water partition coefficient (Wildman–Crippen LogP) is 0.654. The molecule has 36 heavy (non-hydrogen) atoms. The van der Waals surface area contributed by atoms with Crippen molar-refractivity contribution in [2.45, 2.75) is 104 Å². The smallest absolute Gasteiger partial charge is 0.320 e. The quantitative estimate of drug-likeness (QED) is 0.357. The number of hydrogen-bond acceptors (Lipinski definition) is 8. The van der Waals surface area contributed by atoms with Crippen molar-refractivity contribution in [3.63, 3.8) is 0 Å². The van der Waals surface area contributed by atoms with E-state index < -0.39 is 48.0 Å². The highest BCUT2D eigenvalue weighted by Crippen LogP contribution is 2.21. The summed E-state index contributed by atoms with van der Waals surface area (Å²) in [6.07, 6.45) is 0. The van der Waals surface area contributed by atoms with Crippen molar-refractivity contribution in [1.82, 2.24) is 19.6 Å². The Morgan fingerprint density at radius 2 is 0.611 bits per heavy atom. The van der Waals surface area contributed by atoms with Crippen molar-refractivity contribution >= 4 is 23.9 Å². The highest BCUT2D eigenvalue weighted by atomic mass is 16.4. The third-order valence-corrected chi connectivity index (χ3v) is 7.58. The zero-order valence-corrected chi connectivity index (χ0v) is 22.7. The molecule has 8 unspecified atom stereocenters. The maximum Gasteiger partial charge on any atom is 0.320 e. The normalized spacial score (nSPS) is 29.8. The minimum atomic E-state index is -1.03. The Balaban J connectivity index is 3.64. The summed E-state index contributed by atoms with van der Waals surface area (Å²) < 4.78 is 0. The van der Waals surface area contributed by atoms with Crippen LogP contribution in [0.4, 0.5) is 0 Å². The first-order chi connectivity index (χ1) is 16.5. The molecule has 1 rings (SSSR count). The summed E-state index contributed by atoms with van der Waals surface area (Å²) in [6.45, 7) is 14.5. The molecule has 0 saturated carbocycles. The van der Waals surface area contributed by atoms with Gasteiger partial charge in [-0.25, -0.2) is 0 Å². The Bertz CT molecular complexity index is 668. The van der Waals surface area contributed by atoms with Crippen molar-refractivity contribution in [1.29, 1.82) is 0 Å². The van der Waals surface area contributed by atoms with Crippen LogP contribution in [-0.4, -0.2) is 138 Å². The van der Waals surface area contributed by atoms with E-state index in [2.05, 4.69) is 0 Å². The third kappa shape index (κ3) is 7.86. The first-order valence-electron chi connectivity index (χ1n) is 12.4. The second kappa shape index (κ2) is 13.3.